The molecule has 0 atom stereocenters. The van der Waals surface area contributed by atoms with Crippen LogP contribution in [0.2, 0.25) is 0 Å². The Bertz CT molecular complexity index is 688. The number of aromatic nitrogens is 1. The smallest absolute Gasteiger partial charge is 0.275 e. The lowest BCUT2D eigenvalue weighted by Crippen LogP contribution is -2.27. The molecule has 0 saturated heterocycles. The van der Waals surface area contributed by atoms with E-state index in [0.29, 0.717) is 28.7 Å². The molecule has 0 radical (unpaired) electrons. The molecule has 1 aromatic heterocycles. The van der Waals surface area contributed by atoms with Crippen molar-refractivity contribution < 1.29 is 14.3 Å². The summed E-state index contributed by atoms with van der Waals surface area (Å²) in [6, 6.07) is 6.77. The summed E-state index contributed by atoms with van der Waals surface area (Å²) in [5.74, 6) is 0.135. The minimum Gasteiger partial charge on any atom is -0.484 e. The van der Waals surface area contributed by atoms with E-state index in [4.69, 9.17) is 10.5 Å². The summed E-state index contributed by atoms with van der Waals surface area (Å²) < 4.78 is 5.36. The average Bonchev–Trinajstić information content (AvgIpc) is 3.03. The molecule has 9 heteroatoms. The molecule has 0 spiro atoms. The van der Waals surface area contributed by atoms with Crippen LogP contribution in [0.5, 0.6) is 5.75 Å². The first-order valence-corrected chi connectivity index (χ1v) is 7.76. The molecular weight excluding hydrogens is 352 g/mol. The predicted molar refractivity (Wildman–Crippen MR) is 95.8 cm³/mol. The number of hydrogen-bond acceptors (Lipinski definition) is 6. The lowest BCUT2D eigenvalue weighted by atomic mass is 10.3. The molecule has 2 rings (SSSR count). The molecule has 1 aromatic carbocycles. The van der Waals surface area contributed by atoms with Crippen LogP contribution in [0.1, 0.15) is 15.5 Å². The highest BCUT2D eigenvalue weighted by atomic mass is 35.5. The zero-order valence-corrected chi connectivity index (χ0v) is 14.9. The quantitative estimate of drug-likeness (QED) is 0.807. The molecule has 1 heterocycles. The third kappa shape index (κ3) is 5.48. The lowest BCUT2D eigenvalue weighted by molar-refractivity contribution is -0.130. The van der Waals surface area contributed by atoms with Crippen LogP contribution in [-0.4, -0.2) is 42.4 Å². The molecule has 24 heavy (non-hydrogen) atoms. The second-order valence-electron chi connectivity index (χ2n) is 4.89. The maximum atomic E-state index is 12.0. The van der Waals surface area contributed by atoms with Crippen LogP contribution in [0.25, 0.3) is 0 Å². The van der Waals surface area contributed by atoms with Gasteiger partial charge in [0, 0.05) is 31.7 Å². The van der Waals surface area contributed by atoms with Gasteiger partial charge in [-0.15, -0.1) is 23.7 Å². The zero-order valence-electron chi connectivity index (χ0n) is 13.3. The standard InChI is InChI=1S/C15H18N4O3S.ClH/c1-19(2)14(20)8-22-11-5-3-10(4-6-11)17-15(21)12-9-23-13(7-16)18-12;/h3-6,9H,7-8,16H2,1-2H3,(H,17,21);1H. The van der Waals surface area contributed by atoms with Crippen LogP contribution in [0.15, 0.2) is 29.6 Å². The van der Waals surface area contributed by atoms with Crippen molar-refractivity contribution in [2.45, 2.75) is 6.54 Å². The second-order valence-corrected chi connectivity index (χ2v) is 5.83. The molecule has 0 unspecified atom stereocenters. The van der Waals surface area contributed by atoms with Gasteiger partial charge in [-0.25, -0.2) is 4.98 Å². The molecular formula is C15H19ClN4O3S. The van der Waals surface area contributed by atoms with E-state index in [2.05, 4.69) is 10.3 Å². The van der Waals surface area contributed by atoms with Gasteiger partial charge in [0.15, 0.2) is 6.61 Å². The summed E-state index contributed by atoms with van der Waals surface area (Å²) in [7, 11) is 3.33. The molecule has 2 aromatic rings. The van der Waals surface area contributed by atoms with Gasteiger partial charge < -0.3 is 20.7 Å². The minimum absolute atomic E-state index is 0. The number of likely N-dealkylation sites (N-methyl/N-ethyl adjacent to an activating group) is 1. The number of halogens is 1. The van der Waals surface area contributed by atoms with E-state index in [9.17, 15) is 9.59 Å². The normalized spacial score (nSPS) is 9.79. The fourth-order valence-corrected chi connectivity index (χ4v) is 2.27. The fraction of sp³-hybridized carbons (Fsp3) is 0.267. The summed E-state index contributed by atoms with van der Waals surface area (Å²) in [6.07, 6.45) is 0. The van der Waals surface area contributed by atoms with E-state index in [0.717, 1.165) is 0 Å². The van der Waals surface area contributed by atoms with Gasteiger partial charge in [-0.05, 0) is 24.3 Å². The SMILES string of the molecule is CN(C)C(=O)COc1ccc(NC(=O)c2csc(CN)n2)cc1.Cl. The van der Waals surface area contributed by atoms with Crippen LogP contribution in [0.3, 0.4) is 0 Å². The van der Waals surface area contributed by atoms with E-state index in [1.54, 1.807) is 43.7 Å². The van der Waals surface area contributed by atoms with Crippen molar-refractivity contribution in [1.29, 1.82) is 0 Å². The Kier molecular flexibility index (Phi) is 7.63. The number of thiazole rings is 1. The maximum Gasteiger partial charge on any atom is 0.275 e. The first kappa shape index (κ1) is 19.9. The number of carbonyl (C=O) groups excluding carboxylic acids is 2. The Labute approximate surface area is 150 Å². The topological polar surface area (TPSA) is 97.5 Å². The number of hydrogen-bond donors (Lipinski definition) is 2. The number of anilines is 1. The minimum atomic E-state index is -0.294. The van der Waals surface area contributed by atoms with Crippen LogP contribution in [0, 0.1) is 0 Å². The van der Waals surface area contributed by atoms with Gasteiger partial charge in [0.05, 0.1) is 0 Å². The van der Waals surface area contributed by atoms with E-state index in [-0.39, 0.29) is 30.8 Å². The van der Waals surface area contributed by atoms with Gasteiger partial charge in [0.25, 0.3) is 11.8 Å². The van der Waals surface area contributed by atoms with Gasteiger partial charge in [0.1, 0.15) is 16.5 Å². The van der Waals surface area contributed by atoms with Crippen molar-refractivity contribution in [1.82, 2.24) is 9.88 Å². The zero-order chi connectivity index (χ0) is 16.8. The van der Waals surface area contributed by atoms with Gasteiger partial charge >= 0.3 is 0 Å². The largest absolute Gasteiger partial charge is 0.484 e. The Morgan fingerprint density at radius 3 is 2.50 bits per heavy atom. The molecule has 0 aliphatic heterocycles. The number of nitrogens with two attached hydrogens (primary N) is 1. The van der Waals surface area contributed by atoms with Crippen molar-refractivity contribution in [3.8, 4) is 5.75 Å². The van der Waals surface area contributed by atoms with Crippen molar-refractivity contribution in [2.24, 2.45) is 5.73 Å². The number of nitrogens with one attached hydrogen (secondary N) is 1. The Hall–Kier alpha value is -2.16. The molecule has 3 N–H and O–H groups in total. The number of ether oxygens (including phenoxy) is 1. The van der Waals surface area contributed by atoms with E-state index >= 15 is 0 Å². The van der Waals surface area contributed by atoms with E-state index < -0.39 is 0 Å². The number of rotatable bonds is 6. The van der Waals surface area contributed by atoms with Crippen molar-refractivity contribution in [3.63, 3.8) is 0 Å². The number of amides is 2. The summed E-state index contributed by atoms with van der Waals surface area (Å²) >= 11 is 1.35. The number of carbonyl (C=O) groups is 2. The van der Waals surface area contributed by atoms with Gasteiger partial charge in [-0.2, -0.15) is 0 Å². The molecule has 0 bridgehead atoms. The first-order chi connectivity index (χ1) is 11.0. The Balaban J connectivity index is 0.00000288. The van der Waals surface area contributed by atoms with Gasteiger partial charge in [-0.1, -0.05) is 0 Å². The fourth-order valence-electron chi connectivity index (χ4n) is 1.61. The predicted octanol–water partition coefficient (Wildman–Crippen LogP) is 1.74. The van der Waals surface area contributed by atoms with Crippen LogP contribution in [0.4, 0.5) is 5.69 Å². The Morgan fingerprint density at radius 1 is 1.29 bits per heavy atom. The van der Waals surface area contributed by atoms with Crippen molar-refractivity contribution in [3.05, 3.63) is 40.3 Å². The maximum absolute atomic E-state index is 12.0. The molecule has 0 saturated carbocycles. The number of nitrogens with zero attached hydrogens (tertiary/aromatic N) is 2. The van der Waals surface area contributed by atoms with Crippen LogP contribution >= 0.6 is 23.7 Å². The molecule has 0 aliphatic rings. The summed E-state index contributed by atoms with van der Waals surface area (Å²) in [5, 5.41) is 5.12. The number of benzene rings is 1. The highest BCUT2D eigenvalue weighted by molar-refractivity contribution is 7.09. The monoisotopic (exact) mass is 370 g/mol. The summed E-state index contributed by atoms with van der Waals surface area (Å²) in [4.78, 5) is 29.0. The highest BCUT2D eigenvalue weighted by Gasteiger charge is 2.11. The van der Waals surface area contributed by atoms with Gasteiger partial charge in [0.2, 0.25) is 0 Å². The molecule has 130 valence electrons. The third-order valence-electron chi connectivity index (χ3n) is 2.93. The highest BCUT2D eigenvalue weighted by Crippen LogP contribution is 2.17. The van der Waals surface area contributed by atoms with E-state index in [1.807, 2.05) is 0 Å². The Morgan fingerprint density at radius 2 is 1.96 bits per heavy atom. The molecule has 2 amide bonds. The molecule has 0 aliphatic carbocycles. The molecule has 7 nitrogen and oxygen atoms in total. The molecule has 0 fully saturated rings. The van der Waals surface area contributed by atoms with Crippen molar-refractivity contribution >= 4 is 41.2 Å². The summed E-state index contributed by atoms with van der Waals surface area (Å²) in [6.45, 7) is 0.287. The first-order valence-electron chi connectivity index (χ1n) is 6.88. The summed E-state index contributed by atoms with van der Waals surface area (Å²) in [5.41, 5.74) is 6.43. The van der Waals surface area contributed by atoms with E-state index in [1.165, 1.54) is 16.2 Å². The third-order valence-corrected chi connectivity index (χ3v) is 3.80. The average molecular weight is 371 g/mol. The second kappa shape index (κ2) is 9.21. The lowest BCUT2D eigenvalue weighted by Gasteiger charge is -2.11. The van der Waals surface area contributed by atoms with Crippen LogP contribution < -0.4 is 15.8 Å². The van der Waals surface area contributed by atoms with Gasteiger partial charge in [-0.3, -0.25) is 9.59 Å². The van der Waals surface area contributed by atoms with Crippen LogP contribution in [-0.2, 0) is 11.3 Å². The van der Waals surface area contributed by atoms with Crippen molar-refractivity contribution in [2.75, 3.05) is 26.0 Å².